The van der Waals surface area contributed by atoms with E-state index in [9.17, 15) is 13.6 Å². The molecule has 1 aromatic heterocycles. The number of alkyl halides is 2. The summed E-state index contributed by atoms with van der Waals surface area (Å²) >= 11 is 18.2. The summed E-state index contributed by atoms with van der Waals surface area (Å²) in [5.74, 6) is -0.693. The first-order chi connectivity index (χ1) is 12.6. The van der Waals surface area contributed by atoms with E-state index in [1.807, 2.05) is 0 Å². The zero-order valence-corrected chi connectivity index (χ0v) is 17.1. The molecule has 0 aliphatic heterocycles. The Labute approximate surface area is 170 Å². The Morgan fingerprint density at radius 1 is 1.30 bits per heavy atom. The van der Waals surface area contributed by atoms with Crippen LogP contribution in [0.2, 0.25) is 15.1 Å². The van der Waals surface area contributed by atoms with E-state index in [0.717, 1.165) is 5.06 Å². The van der Waals surface area contributed by atoms with Crippen LogP contribution in [0.25, 0.3) is 0 Å². The highest BCUT2D eigenvalue weighted by Crippen LogP contribution is 2.31. The van der Waals surface area contributed by atoms with Gasteiger partial charge in [0.1, 0.15) is 5.69 Å². The van der Waals surface area contributed by atoms with Gasteiger partial charge in [-0.2, -0.15) is 5.10 Å². The zero-order chi connectivity index (χ0) is 20.3. The second-order valence-corrected chi connectivity index (χ2v) is 7.20. The molecule has 0 aliphatic rings. The second-order valence-electron chi connectivity index (χ2n) is 5.95. The van der Waals surface area contributed by atoms with E-state index < -0.39 is 24.1 Å². The number of rotatable bonds is 7. The number of hydrogen-bond donors (Lipinski definition) is 0. The first-order valence-electron chi connectivity index (χ1n) is 7.98. The summed E-state index contributed by atoms with van der Waals surface area (Å²) in [4.78, 5) is 17.8. The van der Waals surface area contributed by atoms with Crippen LogP contribution in [0.5, 0.6) is 0 Å². The fourth-order valence-electron chi connectivity index (χ4n) is 2.69. The minimum absolute atomic E-state index is 0.205. The van der Waals surface area contributed by atoms with Gasteiger partial charge in [-0.25, -0.2) is 13.8 Å². The summed E-state index contributed by atoms with van der Waals surface area (Å²) < 4.78 is 27.4. The molecule has 1 aromatic carbocycles. The Balaban J connectivity index is 2.17. The number of carbonyl (C=O) groups is 1. The lowest BCUT2D eigenvalue weighted by Gasteiger charge is -2.26. The molecule has 0 spiro atoms. The molecule has 1 amide bonds. The predicted molar refractivity (Wildman–Crippen MR) is 101 cm³/mol. The molecule has 1 atom stereocenters. The topological polar surface area (TPSA) is 47.4 Å². The van der Waals surface area contributed by atoms with Crippen molar-refractivity contribution in [2.45, 2.75) is 32.2 Å². The van der Waals surface area contributed by atoms with Crippen LogP contribution in [0.4, 0.5) is 8.78 Å². The van der Waals surface area contributed by atoms with Crippen molar-refractivity contribution in [1.82, 2.24) is 14.8 Å². The van der Waals surface area contributed by atoms with Crippen molar-refractivity contribution >= 4 is 40.7 Å². The molecule has 2 aromatic rings. The summed E-state index contributed by atoms with van der Waals surface area (Å²) in [5, 5.41) is 5.95. The van der Waals surface area contributed by atoms with E-state index in [1.54, 1.807) is 19.1 Å². The molecule has 0 bridgehead atoms. The number of halogens is 5. The average Bonchev–Trinajstić information content (AvgIpc) is 2.96. The van der Waals surface area contributed by atoms with E-state index in [4.69, 9.17) is 39.6 Å². The molecular formula is C17H18Cl3F2N3O2. The van der Waals surface area contributed by atoms with E-state index in [0.29, 0.717) is 33.5 Å². The minimum Gasteiger partial charge on any atom is -0.275 e. The largest absolute Gasteiger partial charge is 0.282 e. The van der Waals surface area contributed by atoms with Gasteiger partial charge in [0.2, 0.25) is 0 Å². The van der Waals surface area contributed by atoms with Gasteiger partial charge in [0.15, 0.2) is 0 Å². The van der Waals surface area contributed by atoms with Crippen LogP contribution in [0.15, 0.2) is 18.3 Å². The van der Waals surface area contributed by atoms with Crippen molar-refractivity contribution in [2.24, 2.45) is 7.05 Å². The molecule has 5 nitrogen and oxygen atoms in total. The molecule has 0 aliphatic carbocycles. The van der Waals surface area contributed by atoms with Gasteiger partial charge in [0.05, 0.1) is 18.7 Å². The molecular weight excluding hydrogens is 423 g/mol. The summed E-state index contributed by atoms with van der Waals surface area (Å²) in [6, 6.07) is 2.73. The molecule has 2 rings (SSSR count). The number of nitrogens with zero attached hydrogens (tertiary/aromatic N) is 3. The quantitative estimate of drug-likeness (QED) is 0.546. The lowest BCUT2D eigenvalue weighted by Crippen LogP contribution is -2.38. The lowest BCUT2D eigenvalue weighted by molar-refractivity contribution is -0.120. The maximum atomic E-state index is 13.1. The maximum absolute atomic E-state index is 13.1. The van der Waals surface area contributed by atoms with Gasteiger partial charge in [0, 0.05) is 28.3 Å². The Morgan fingerprint density at radius 3 is 2.41 bits per heavy atom. The van der Waals surface area contributed by atoms with Gasteiger partial charge in [-0.3, -0.25) is 14.3 Å². The Bertz CT molecular complexity index is 807. The van der Waals surface area contributed by atoms with Gasteiger partial charge in [-0.05, 0) is 37.5 Å². The molecule has 0 saturated carbocycles. The molecule has 0 radical (unpaired) electrons. The van der Waals surface area contributed by atoms with Gasteiger partial charge in [-0.1, -0.05) is 34.8 Å². The molecule has 0 saturated heterocycles. The van der Waals surface area contributed by atoms with Crippen molar-refractivity contribution in [3.05, 3.63) is 50.2 Å². The summed E-state index contributed by atoms with van der Waals surface area (Å²) in [6.45, 7) is 1.73. The van der Waals surface area contributed by atoms with Crippen LogP contribution in [-0.4, -0.2) is 33.9 Å². The summed E-state index contributed by atoms with van der Waals surface area (Å²) in [7, 11) is 2.77. The molecule has 0 fully saturated rings. The SMILES string of the molecule is CON(C(=O)c1cn(C)nc1C(F)F)C(C)CCc1c(Cl)cc(Cl)cc1Cl. The number of hydroxylamine groups is 2. The zero-order valence-electron chi connectivity index (χ0n) is 14.8. The number of aromatic nitrogens is 2. The highest BCUT2D eigenvalue weighted by Gasteiger charge is 2.29. The van der Waals surface area contributed by atoms with Gasteiger partial charge >= 0.3 is 0 Å². The number of carbonyl (C=O) groups excluding carboxylic acids is 1. The molecule has 1 heterocycles. The predicted octanol–water partition coefficient (Wildman–Crippen LogP) is 5.34. The monoisotopic (exact) mass is 439 g/mol. The average molecular weight is 441 g/mol. The third-order valence-corrected chi connectivity index (χ3v) is 4.90. The van der Waals surface area contributed by atoms with Crippen LogP contribution in [-0.2, 0) is 18.3 Å². The Hall–Kier alpha value is -1.41. The lowest BCUT2D eigenvalue weighted by atomic mass is 10.1. The Morgan fingerprint density at radius 2 is 1.89 bits per heavy atom. The van der Waals surface area contributed by atoms with Gasteiger partial charge in [0.25, 0.3) is 12.3 Å². The molecule has 1 unspecified atom stereocenters. The van der Waals surface area contributed by atoms with Crippen molar-refractivity contribution in [2.75, 3.05) is 7.11 Å². The van der Waals surface area contributed by atoms with Gasteiger partial charge in [-0.15, -0.1) is 0 Å². The first-order valence-corrected chi connectivity index (χ1v) is 9.11. The van der Waals surface area contributed by atoms with E-state index in [2.05, 4.69) is 5.10 Å². The van der Waals surface area contributed by atoms with E-state index in [1.165, 1.54) is 25.0 Å². The van der Waals surface area contributed by atoms with Crippen LogP contribution in [0.3, 0.4) is 0 Å². The fraction of sp³-hybridized carbons (Fsp3) is 0.412. The summed E-state index contributed by atoms with van der Waals surface area (Å²) in [6.07, 6.45) is -0.746. The number of hydrogen-bond acceptors (Lipinski definition) is 3. The van der Waals surface area contributed by atoms with E-state index in [-0.39, 0.29) is 5.56 Å². The minimum atomic E-state index is -2.87. The fourth-order valence-corrected chi connectivity index (χ4v) is 3.70. The highest BCUT2D eigenvalue weighted by molar-refractivity contribution is 6.39. The first kappa shape index (κ1) is 21.9. The van der Waals surface area contributed by atoms with Crippen molar-refractivity contribution < 1.29 is 18.4 Å². The smallest absolute Gasteiger partial charge is 0.275 e. The third kappa shape index (κ3) is 5.10. The van der Waals surface area contributed by atoms with Crippen molar-refractivity contribution in [3.8, 4) is 0 Å². The van der Waals surface area contributed by atoms with Crippen LogP contribution >= 0.6 is 34.8 Å². The third-order valence-electron chi connectivity index (χ3n) is 4.01. The van der Waals surface area contributed by atoms with Crippen molar-refractivity contribution in [3.63, 3.8) is 0 Å². The highest BCUT2D eigenvalue weighted by atomic mass is 35.5. The van der Waals surface area contributed by atoms with Gasteiger partial charge < -0.3 is 0 Å². The normalized spacial score (nSPS) is 12.5. The second kappa shape index (κ2) is 9.19. The van der Waals surface area contributed by atoms with Crippen molar-refractivity contribution in [1.29, 1.82) is 0 Å². The maximum Gasteiger partial charge on any atom is 0.282 e. The molecule has 148 valence electrons. The summed E-state index contributed by atoms with van der Waals surface area (Å²) in [5.41, 5.74) is -0.1000. The standard InChI is InChI=1S/C17H18Cl3F2N3O2/c1-9(4-5-11-13(19)6-10(18)7-14(11)20)25(27-3)17(26)12-8-24(2)23-15(12)16(21)22/h6-9,16H,4-5H2,1-3H3. The van der Waals surface area contributed by atoms with Crippen LogP contribution in [0, 0.1) is 0 Å². The molecule has 10 heteroatoms. The number of aryl methyl sites for hydroxylation is 1. The Kier molecular flexibility index (Phi) is 7.45. The van der Waals surface area contributed by atoms with E-state index >= 15 is 0 Å². The number of benzene rings is 1. The number of amides is 1. The molecule has 0 N–H and O–H groups in total. The van der Waals surface area contributed by atoms with Crippen LogP contribution in [0.1, 0.15) is 41.4 Å². The molecule has 27 heavy (non-hydrogen) atoms. The van der Waals surface area contributed by atoms with Crippen LogP contribution < -0.4 is 0 Å².